The van der Waals surface area contributed by atoms with Gasteiger partial charge in [-0.05, 0) is 56.3 Å². The molecular formula is C14H20FNO2S. The molecule has 0 heterocycles. The van der Waals surface area contributed by atoms with E-state index < -0.39 is 11.5 Å². The van der Waals surface area contributed by atoms with Gasteiger partial charge in [0, 0.05) is 4.90 Å². The molecule has 0 aliphatic rings. The van der Waals surface area contributed by atoms with E-state index in [0.29, 0.717) is 13.0 Å². The summed E-state index contributed by atoms with van der Waals surface area (Å²) in [7, 11) is 0. The lowest BCUT2D eigenvalue weighted by Gasteiger charge is -2.25. The first-order chi connectivity index (χ1) is 8.98. The van der Waals surface area contributed by atoms with Crippen LogP contribution in [0, 0.1) is 5.82 Å². The van der Waals surface area contributed by atoms with Crippen LogP contribution in [0.3, 0.4) is 0 Å². The van der Waals surface area contributed by atoms with E-state index >= 15 is 0 Å². The molecule has 0 aliphatic carbocycles. The van der Waals surface area contributed by atoms with Crippen molar-refractivity contribution >= 4 is 17.7 Å². The summed E-state index contributed by atoms with van der Waals surface area (Å²) in [6.45, 7) is 4.24. The third kappa shape index (κ3) is 5.20. The van der Waals surface area contributed by atoms with E-state index in [2.05, 4.69) is 5.32 Å². The highest BCUT2D eigenvalue weighted by atomic mass is 32.2. The summed E-state index contributed by atoms with van der Waals surface area (Å²) in [5.41, 5.74) is -0.863. The van der Waals surface area contributed by atoms with Gasteiger partial charge in [0.2, 0.25) is 0 Å². The molecule has 2 N–H and O–H groups in total. The van der Waals surface area contributed by atoms with Crippen LogP contribution in [0.15, 0.2) is 29.2 Å². The van der Waals surface area contributed by atoms with Crippen LogP contribution in [0.1, 0.15) is 26.7 Å². The van der Waals surface area contributed by atoms with Gasteiger partial charge in [0.15, 0.2) is 0 Å². The summed E-state index contributed by atoms with van der Waals surface area (Å²) in [5, 5.41) is 12.2. The summed E-state index contributed by atoms with van der Waals surface area (Å²) in [4.78, 5) is 12.2. The Bertz CT molecular complexity index is 410. The minimum atomic E-state index is -0.863. The van der Waals surface area contributed by atoms with Gasteiger partial charge in [-0.15, -0.1) is 11.8 Å². The monoisotopic (exact) mass is 285 g/mol. The first-order valence-corrected chi connectivity index (χ1v) is 7.33. The van der Waals surface area contributed by atoms with Crippen LogP contribution in [0.4, 0.5) is 4.39 Å². The molecule has 1 aromatic rings. The van der Waals surface area contributed by atoms with Crippen molar-refractivity contribution in [1.29, 1.82) is 0 Å². The highest BCUT2D eigenvalue weighted by Gasteiger charge is 2.30. The molecule has 106 valence electrons. The lowest BCUT2D eigenvalue weighted by atomic mass is 9.96. The average Bonchev–Trinajstić information content (AvgIpc) is 2.37. The third-order valence-electron chi connectivity index (χ3n) is 2.94. The molecule has 1 atom stereocenters. The first kappa shape index (κ1) is 16.0. The number of halogens is 1. The van der Waals surface area contributed by atoms with E-state index in [1.165, 1.54) is 12.1 Å². The summed E-state index contributed by atoms with van der Waals surface area (Å²) < 4.78 is 12.7. The number of hydrogen-bond acceptors (Lipinski definition) is 3. The molecule has 0 radical (unpaired) electrons. The van der Waals surface area contributed by atoms with E-state index in [1.54, 1.807) is 30.8 Å². The molecule has 0 spiro atoms. The molecular weight excluding hydrogens is 265 g/mol. The molecule has 0 fully saturated rings. The molecule has 1 unspecified atom stereocenters. The lowest BCUT2D eigenvalue weighted by molar-refractivity contribution is -0.144. The topological polar surface area (TPSA) is 49.3 Å². The predicted octanol–water partition coefficient (Wildman–Crippen LogP) is 3.15. The number of aliphatic carboxylic acids is 1. The maximum atomic E-state index is 12.7. The summed E-state index contributed by atoms with van der Waals surface area (Å²) in [5.74, 6) is -0.240. The average molecular weight is 285 g/mol. The van der Waals surface area contributed by atoms with E-state index in [-0.39, 0.29) is 5.82 Å². The largest absolute Gasteiger partial charge is 0.480 e. The fraction of sp³-hybridized carbons (Fsp3) is 0.500. The molecule has 19 heavy (non-hydrogen) atoms. The Morgan fingerprint density at radius 3 is 2.58 bits per heavy atom. The molecule has 0 saturated carbocycles. The Kier molecular flexibility index (Phi) is 6.31. The SMILES string of the molecule is CCNC(C)(CCCSc1ccc(F)cc1)C(=O)O. The number of thioether (sulfide) groups is 1. The normalized spacial score (nSPS) is 14.1. The smallest absolute Gasteiger partial charge is 0.323 e. The standard InChI is InChI=1S/C14H20FNO2S/c1-3-16-14(2,13(17)18)9-4-10-19-12-7-5-11(15)6-8-12/h5-8,16H,3-4,9-10H2,1-2H3,(H,17,18). The van der Waals surface area contributed by atoms with E-state index in [1.807, 2.05) is 6.92 Å². The Morgan fingerprint density at radius 2 is 2.05 bits per heavy atom. The first-order valence-electron chi connectivity index (χ1n) is 6.35. The molecule has 0 aromatic heterocycles. The quantitative estimate of drug-likeness (QED) is 0.569. The van der Waals surface area contributed by atoms with Crippen LogP contribution in [0.5, 0.6) is 0 Å². The van der Waals surface area contributed by atoms with Gasteiger partial charge in [-0.3, -0.25) is 4.79 Å². The van der Waals surface area contributed by atoms with Gasteiger partial charge in [0.05, 0.1) is 0 Å². The van der Waals surface area contributed by atoms with Crippen molar-refractivity contribution in [2.75, 3.05) is 12.3 Å². The Labute approximate surface area is 117 Å². The fourth-order valence-electron chi connectivity index (χ4n) is 1.81. The lowest BCUT2D eigenvalue weighted by Crippen LogP contribution is -2.49. The summed E-state index contributed by atoms with van der Waals surface area (Å²) >= 11 is 1.61. The molecule has 0 bridgehead atoms. The van der Waals surface area contributed by atoms with Crippen molar-refractivity contribution in [1.82, 2.24) is 5.32 Å². The minimum Gasteiger partial charge on any atom is -0.480 e. The Morgan fingerprint density at radius 1 is 1.42 bits per heavy atom. The van der Waals surface area contributed by atoms with Crippen LogP contribution in [-0.2, 0) is 4.79 Å². The van der Waals surface area contributed by atoms with Crippen LogP contribution in [-0.4, -0.2) is 28.9 Å². The number of carboxylic acid groups (broad SMARTS) is 1. The predicted molar refractivity (Wildman–Crippen MR) is 76.1 cm³/mol. The number of benzene rings is 1. The molecule has 5 heteroatoms. The van der Waals surface area contributed by atoms with Crippen molar-refractivity contribution < 1.29 is 14.3 Å². The highest BCUT2D eigenvalue weighted by Crippen LogP contribution is 2.21. The molecule has 0 aliphatic heterocycles. The maximum Gasteiger partial charge on any atom is 0.323 e. The molecule has 1 aromatic carbocycles. The van der Waals surface area contributed by atoms with Crippen LogP contribution < -0.4 is 5.32 Å². The maximum absolute atomic E-state index is 12.7. The van der Waals surface area contributed by atoms with Gasteiger partial charge >= 0.3 is 5.97 Å². The summed E-state index contributed by atoms with van der Waals surface area (Å²) in [6.07, 6.45) is 1.36. The third-order valence-corrected chi connectivity index (χ3v) is 4.04. The van der Waals surface area contributed by atoms with Crippen LogP contribution in [0.2, 0.25) is 0 Å². The van der Waals surface area contributed by atoms with E-state index in [0.717, 1.165) is 17.1 Å². The second kappa shape index (κ2) is 7.50. The van der Waals surface area contributed by atoms with Crippen molar-refractivity contribution in [3.63, 3.8) is 0 Å². The fourth-order valence-corrected chi connectivity index (χ4v) is 2.66. The number of rotatable bonds is 8. The molecule has 0 amide bonds. The second-order valence-corrected chi connectivity index (χ2v) is 5.74. The van der Waals surface area contributed by atoms with Gasteiger partial charge in [0.1, 0.15) is 11.4 Å². The minimum absolute atomic E-state index is 0.241. The van der Waals surface area contributed by atoms with E-state index in [9.17, 15) is 14.3 Å². The molecule has 0 saturated heterocycles. The van der Waals surface area contributed by atoms with Gasteiger partial charge in [-0.25, -0.2) is 4.39 Å². The molecule has 1 rings (SSSR count). The second-order valence-electron chi connectivity index (χ2n) is 4.57. The summed E-state index contributed by atoms with van der Waals surface area (Å²) in [6, 6.07) is 6.34. The highest BCUT2D eigenvalue weighted by molar-refractivity contribution is 7.99. The van der Waals surface area contributed by atoms with Crippen molar-refractivity contribution in [2.45, 2.75) is 37.1 Å². The Balaban J connectivity index is 2.36. The van der Waals surface area contributed by atoms with Crippen molar-refractivity contribution in [2.24, 2.45) is 0 Å². The molecule has 3 nitrogen and oxygen atoms in total. The van der Waals surface area contributed by atoms with Crippen LogP contribution >= 0.6 is 11.8 Å². The Hall–Kier alpha value is -1.07. The van der Waals surface area contributed by atoms with Gasteiger partial charge in [-0.1, -0.05) is 6.92 Å². The van der Waals surface area contributed by atoms with Gasteiger partial charge < -0.3 is 10.4 Å². The van der Waals surface area contributed by atoms with Crippen molar-refractivity contribution in [3.05, 3.63) is 30.1 Å². The number of likely N-dealkylation sites (N-methyl/N-ethyl adjacent to an activating group) is 1. The van der Waals surface area contributed by atoms with Gasteiger partial charge in [0.25, 0.3) is 0 Å². The van der Waals surface area contributed by atoms with Crippen molar-refractivity contribution in [3.8, 4) is 0 Å². The number of carbonyl (C=O) groups is 1. The zero-order valence-electron chi connectivity index (χ0n) is 11.3. The van der Waals surface area contributed by atoms with Gasteiger partial charge in [-0.2, -0.15) is 0 Å². The number of carboxylic acids is 1. The van der Waals surface area contributed by atoms with Crippen LogP contribution in [0.25, 0.3) is 0 Å². The number of hydrogen-bond donors (Lipinski definition) is 2. The zero-order valence-corrected chi connectivity index (χ0v) is 12.1. The van der Waals surface area contributed by atoms with E-state index in [4.69, 9.17) is 0 Å². The number of nitrogens with one attached hydrogen (secondary N) is 1. The zero-order chi connectivity index (χ0) is 14.3.